The largest absolute Gasteiger partial charge is 0.367 e. The molecule has 1 aromatic carbocycles. The third-order valence-corrected chi connectivity index (χ3v) is 9.70. The summed E-state index contributed by atoms with van der Waals surface area (Å²) >= 11 is 1.28. The van der Waals surface area contributed by atoms with Gasteiger partial charge < -0.3 is 9.80 Å². The highest BCUT2D eigenvalue weighted by Crippen LogP contribution is 2.30. The summed E-state index contributed by atoms with van der Waals surface area (Å²) in [4.78, 5) is 22.8. The summed E-state index contributed by atoms with van der Waals surface area (Å²) < 4.78 is 27.6. The Morgan fingerprint density at radius 3 is 2.56 bits per heavy atom. The molecule has 0 saturated carbocycles. The molecule has 0 radical (unpaired) electrons. The third kappa shape index (κ3) is 3.89. The van der Waals surface area contributed by atoms with E-state index in [1.807, 2.05) is 48.4 Å². The van der Waals surface area contributed by atoms with Crippen molar-refractivity contribution in [1.82, 2.24) is 14.2 Å². The van der Waals surface area contributed by atoms with Gasteiger partial charge in [-0.05, 0) is 37.6 Å². The number of anilines is 1. The average Bonchev–Trinajstić information content (AvgIpc) is 3.49. The van der Waals surface area contributed by atoms with E-state index in [0.717, 1.165) is 34.6 Å². The van der Waals surface area contributed by atoms with Gasteiger partial charge in [-0.3, -0.25) is 9.78 Å². The molecule has 1 amide bonds. The molecule has 4 heterocycles. The average molecular weight is 471 g/mol. The fourth-order valence-electron chi connectivity index (χ4n) is 4.61. The Labute approximate surface area is 192 Å². The molecule has 9 heteroatoms. The smallest absolute Gasteiger partial charge is 0.252 e. The van der Waals surface area contributed by atoms with Crippen LogP contribution in [0.1, 0.15) is 11.3 Å². The molecule has 2 aliphatic rings. The molecular formula is C23H26N4O3S2. The maximum absolute atomic E-state index is 13.1. The molecule has 3 aromatic rings. The van der Waals surface area contributed by atoms with Crippen molar-refractivity contribution in [1.29, 1.82) is 0 Å². The van der Waals surface area contributed by atoms with Crippen LogP contribution in [0.3, 0.4) is 0 Å². The van der Waals surface area contributed by atoms with Crippen molar-refractivity contribution >= 4 is 43.9 Å². The number of fused-ring (bicyclic) bond motifs is 1. The van der Waals surface area contributed by atoms with E-state index in [-0.39, 0.29) is 18.4 Å². The number of piperazine rings is 1. The Balaban J connectivity index is 1.22. The summed E-state index contributed by atoms with van der Waals surface area (Å²) in [5.41, 5.74) is 2.11. The summed E-state index contributed by atoms with van der Waals surface area (Å²) in [6, 6.07) is 13.6. The second-order valence-corrected chi connectivity index (χ2v) is 11.8. The monoisotopic (exact) mass is 470 g/mol. The Morgan fingerprint density at radius 1 is 1.03 bits per heavy atom. The van der Waals surface area contributed by atoms with Crippen LogP contribution in [-0.2, 0) is 14.8 Å². The number of hydrogen-bond acceptors (Lipinski definition) is 6. The van der Waals surface area contributed by atoms with Gasteiger partial charge in [0.1, 0.15) is 4.21 Å². The van der Waals surface area contributed by atoms with Gasteiger partial charge in [-0.15, -0.1) is 11.3 Å². The van der Waals surface area contributed by atoms with E-state index >= 15 is 0 Å². The van der Waals surface area contributed by atoms with E-state index < -0.39 is 10.0 Å². The van der Waals surface area contributed by atoms with E-state index in [1.54, 1.807) is 6.07 Å². The number of amides is 1. The number of sulfonamides is 1. The van der Waals surface area contributed by atoms with Crippen LogP contribution >= 0.6 is 11.3 Å². The molecule has 5 rings (SSSR count). The molecule has 2 saturated heterocycles. The van der Waals surface area contributed by atoms with Crippen molar-refractivity contribution in [2.75, 3.05) is 44.2 Å². The van der Waals surface area contributed by atoms with Crippen LogP contribution in [0, 0.1) is 12.8 Å². The van der Waals surface area contributed by atoms with Crippen LogP contribution in [0.15, 0.2) is 52.9 Å². The van der Waals surface area contributed by atoms with Crippen LogP contribution in [0.2, 0.25) is 0 Å². The lowest BCUT2D eigenvalue weighted by molar-refractivity contribution is -0.135. The quantitative estimate of drug-likeness (QED) is 0.586. The molecule has 0 bridgehead atoms. The van der Waals surface area contributed by atoms with Gasteiger partial charge in [0, 0.05) is 61.4 Å². The summed E-state index contributed by atoms with van der Waals surface area (Å²) in [7, 11) is -3.51. The van der Waals surface area contributed by atoms with Gasteiger partial charge >= 0.3 is 0 Å². The predicted octanol–water partition coefficient (Wildman–Crippen LogP) is 2.96. The zero-order valence-electron chi connectivity index (χ0n) is 18.0. The molecule has 0 aliphatic carbocycles. The highest BCUT2D eigenvalue weighted by atomic mass is 32.2. The summed E-state index contributed by atoms with van der Waals surface area (Å²) in [5, 5.41) is 1.12. The van der Waals surface area contributed by atoms with Gasteiger partial charge in [-0.1, -0.05) is 18.2 Å². The molecule has 32 heavy (non-hydrogen) atoms. The minimum Gasteiger partial charge on any atom is -0.367 e. The van der Waals surface area contributed by atoms with Crippen molar-refractivity contribution in [2.45, 2.75) is 17.6 Å². The first kappa shape index (κ1) is 21.4. The maximum Gasteiger partial charge on any atom is 0.252 e. The summed E-state index contributed by atoms with van der Waals surface area (Å²) in [5.74, 6) is -0.191. The topological polar surface area (TPSA) is 73.8 Å². The Bertz CT molecular complexity index is 1240. The first-order valence-corrected chi connectivity index (χ1v) is 13.1. The lowest BCUT2D eigenvalue weighted by atomic mass is 10.1. The molecule has 0 spiro atoms. The number of aryl methyl sites for hydroxylation is 1. The van der Waals surface area contributed by atoms with Crippen LogP contribution in [0.4, 0.5) is 5.69 Å². The minimum absolute atomic E-state index is 0.0734. The molecule has 1 atom stereocenters. The minimum atomic E-state index is -3.51. The van der Waals surface area contributed by atoms with Crippen LogP contribution < -0.4 is 4.90 Å². The first-order valence-electron chi connectivity index (χ1n) is 10.9. The molecular weight excluding hydrogens is 444 g/mol. The van der Waals surface area contributed by atoms with E-state index in [1.165, 1.54) is 15.6 Å². The van der Waals surface area contributed by atoms with E-state index in [9.17, 15) is 13.2 Å². The number of benzene rings is 1. The van der Waals surface area contributed by atoms with Crippen molar-refractivity contribution in [3.8, 4) is 0 Å². The zero-order chi connectivity index (χ0) is 22.3. The number of thiophene rings is 1. The molecule has 168 valence electrons. The number of para-hydroxylation sites is 1. The summed E-state index contributed by atoms with van der Waals surface area (Å²) in [6.45, 7) is 5.36. The van der Waals surface area contributed by atoms with Crippen molar-refractivity contribution in [3.05, 3.63) is 53.5 Å². The number of aromatic nitrogens is 1. The van der Waals surface area contributed by atoms with E-state index in [0.29, 0.717) is 30.3 Å². The fraction of sp³-hybridized carbons (Fsp3) is 0.391. The Kier molecular flexibility index (Phi) is 5.65. The van der Waals surface area contributed by atoms with Gasteiger partial charge in [0.15, 0.2) is 0 Å². The first-order chi connectivity index (χ1) is 15.4. The van der Waals surface area contributed by atoms with E-state index in [2.05, 4.69) is 16.0 Å². The normalized spacial score (nSPS) is 20.2. The lowest BCUT2D eigenvalue weighted by Crippen LogP contribution is -2.50. The molecule has 1 unspecified atom stereocenters. The molecule has 0 N–H and O–H groups in total. The van der Waals surface area contributed by atoms with Gasteiger partial charge in [-0.25, -0.2) is 8.42 Å². The SMILES string of the molecule is Cc1ccc(S(=O)(=O)N2CCC(C(=O)N3CCN(c4ccnc5ccccc45)CC3)C2)s1. The van der Waals surface area contributed by atoms with Crippen LogP contribution in [0.5, 0.6) is 0 Å². The number of carbonyl (C=O) groups is 1. The van der Waals surface area contributed by atoms with E-state index in [4.69, 9.17) is 0 Å². The van der Waals surface area contributed by atoms with Crippen LogP contribution in [-0.4, -0.2) is 67.8 Å². The lowest BCUT2D eigenvalue weighted by Gasteiger charge is -2.37. The second-order valence-electron chi connectivity index (χ2n) is 8.37. The van der Waals surface area contributed by atoms with Crippen molar-refractivity contribution < 1.29 is 13.2 Å². The Hall–Kier alpha value is -2.49. The third-order valence-electron chi connectivity index (χ3n) is 6.37. The van der Waals surface area contributed by atoms with Gasteiger partial charge in [0.05, 0.1) is 11.4 Å². The molecule has 2 aromatic heterocycles. The highest BCUT2D eigenvalue weighted by molar-refractivity contribution is 7.91. The predicted molar refractivity (Wildman–Crippen MR) is 126 cm³/mol. The van der Waals surface area contributed by atoms with Gasteiger partial charge in [0.25, 0.3) is 10.0 Å². The van der Waals surface area contributed by atoms with Crippen molar-refractivity contribution in [3.63, 3.8) is 0 Å². The van der Waals surface area contributed by atoms with Gasteiger partial charge in [-0.2, -0.15) is 4.31 Å². The zero-order valence-corrected chi connectivity index (χ0v) is 19.6. The second kappa shape index (κ2) is 8.46. The fourth-order valence-corrected chi connectivity index (χ4v) is 7.55. The summed E-state index contributed by atoms with van der Waals surface area (Å²) in [6.07, 6.45) is 2.41. The molecule has 2 aliphatic heterocycles. The number of carbonyl (C=O) groups excluding carboxylic acids is 1. The van der Waals surface area contributed by atoms with Crippen LogP contribution in [0.25, 0.3) is 10.9 Å². The molecule has 2 fully saturated rings. The number of rotatable bonds is 4. The van der Waals surface area contributed by atoms with Crippen molar-refractivity contribution in [2.24, 2.45) is 5.92 Å². The van der Waals surface area contributed by atoms with Gasteiger partial charge in [0.2, 0.25) is 5.91 Å². The number of nitrogens with zero attached hydrogens (tertiary/aromatic N) is 4. The maximum atomic E-state index is 13.1. The standard InChI is InChI=1S/C23H26N4O3S2/c1-17-6-7-22(31-17)32(29,30)27-11-9-18(16-27)23(28)26-14-12-25(13-15-26)21-8-10-24-20-5-3-2-4-19(20)21/h2-8,10,18H,9,11-16H2,1H3. The highest BCUT2D eigenvalue weighted by Gasteiger charge is 2.38. The number of hydrogen-bond donors (Lipinski definition) is 0. The molecule has 7 nitrogen and oxygen atoms in total. The number of pyridine rings is 1. The Morgan fingerprint density at radius 2 is 1.81 bits per heavy atom.